The third-order valence-corrected chi connectivity index (χ3v) is 3.62. The lowest BCUT2D eigenvalue weighted by molar-refractivity contribution is -0.384. The average Bonchev–Trinajstić information content (AvgIpc) is 2.57. The van der Waals surface area contributed by atoms with Crippen molar-refractivity contribution in [3.05, 3.63) is 100 Å². The zero-order valence-electron chi connectivity index (χ0n) is 12.0. The van der Waals surface area contributed by atoms with Crippen LogP contribution < -0.4 is 0 Å². The molecular formula is C19H15NO2. The van der Waals surface area contributed by atoms with Gasteiger partial charge in [0.05, 0.1) is 4.92 Å². The van der Waals surface area contributed by atoms with Gasteiger partial charge in [-0.3, -0.25) is 10.1 Å². The van der Waals surface area contributed by atoms with E-state index in [2.05, 4.69) is 36.4 Å². The molecule has 0 bridgehead atoms. The minimum atomic E-state index is -0.377. The van der Waals surface area contributed by atoms with Crippen molar-refractivity contribution in [1.29, 1.82) is 0 Å². The Balaban J connectivity index is 1.75. The molecule has 0 aliphatic rings. The maximum Gasteiger partial charge on any atom is 0.269 e. The van der Waals surface area contributed by atoms with E-state index in [0.717, 1.165) is 12.0 Å². The molecule has 0 saturated heterocycles. The van der Waals surface area contributed by atoms with E-state index in [1.807, 2.05) is 30.3 Å². The molecule has 22 heavy (non-hydrogen) atoms. The van der Waals surface area contributed by atoms with Crippen molar-refractivity contribution in [3.8, 4) is 11.1 Å². The van der Waals surface area contributed by atoms with E-state index in [1.165, 1.54) is 16.7 Å². The van der Waals surface area contributed by atoms with Gasteiger partial charge in [0.25, 0.3) is 5.69 Å². The van der Waals surface area contributed by atoms with E-state index in [4.69, 9.17) is 0 Å². The van der Waals surface area contributed by atoms with Gasteiger partial charge in [0.1, 0.15) is 0 Å². The Morgan fingerprint density at radius 1 is 0.682 bits per heavy atom. The molecule has 0 radical (unpaired) electrons. The largest absolute Gasteiger partial charge is 0.269 e. The molecule has 3 nitrogen and oxygen atoms in total. The highest BCUT2D eigenvalue weighted by molar-refractivity contribution is 5.63. The standard InChI is InChI=1S/C19H15NO2/c21-20(22)19-12-8-16(9-13-19)14-15-6-10-18(11-7-15)17-4-2-1-3-5-17/h1-13H,14H2. The molecule has 3 heteroatoms. The number of benzene rings is 3. The zero-order valence-corrected chi connectivity index (χ0v) is 12.0. The van der Waals surface area contributed by atoms with Gasteiger partial charge in [0.15, 0.2) is 0 Å². The van der Waals surface area contributed by atoms with E-state index < -0.39 is 0 Å². The van der Waals surface area contributed by atoms with Crippen LogP contribution in [-0.4, -0.2) is 4.92 Å². The topological polar surface area (TPSA) is 43.1 Å². The van der Waals surface area contributed by atoms with Crippen molar-refractivity contribution in [1.82, 2.24) is 0 Å². The summed E-state index contributed by atoms with van der Waals surface area (Å²) in [5.74, 6) is 0. The Labute approximate surface area is 129 Å². The predicted molar refractivity (Wildman–Crippen MR) is 87.8 cm³/mol. The van der Waals surface area contributed by atoms with Gasteiger partial charge in [-0.2, -0.15) is 0 Å². The molecule has 0 amide bonds. The smallest absolute Gasteiger partial charge is 0.258 e. The van der Waals surface area contributed by atoms with Crippen molar-refractivity contribution >= 4 is 5.69 Å². The number of hydrogen-bond acceptors (Lipinski definition) is 2. The molecule has 3 aromatic carbocycles. The maximum atomic E-state index is 10.6. The first-order valence-electron chi connectivity index (χ1n) is 7.10. The van der Waals surface area contributed by atoms with E-state index in [1.54, 1.807) is 12.1 Å². The van der Waals surface area contributed by atoms with Crippen LogP contribution in [0.1, 0.15) is 11.1 Å². The fourth-order valence-corrected chi connectivity index (χ4v) is 2.42. The fraction of sp³-hybridized carbons (Fsp3) is 0.0526. The molecule has 0 aliphatic heterocycles. The molecule has 0 aliphatic carbocycles. The van der Waals surface area contributed by atoms with E-state index in [-0.39, 0.29) is 10.6 Å². The van der Waals surface area contributed by atoms with Crippen LogP contribution in [0.2, 0.25) is 0 Å². The normalized spacial score (nSPS) is 10.4. The lowest BCUT2D eigenvalue weighted by Crippen LogP contribution is -1.91. The summed E-state index contributed by atoms with van der Waals surface area (Å²) in [7, 11) is 0. The summed E-state index contributed by atoms with van der Waals surface area (Å²) in [5, 5.41) is 10.6. The molecular weight excluding hydrogens is 274 g/mol. The molecule has 0 fully saturated rings. The fourth-order valence-electron chi connectivity index (χ4n) is 2.42. The van der Waals surface area contributed by atoms with Crippen LogP contribution in [0.5, 0.6) is 0 Å². The van der Waals surface area contributed by atoms with Crippen LogP contribution in [0, 0.1) is 10.1 Å². The first kappa shape index (κ1) is 14.0. The SMILES string of the molecule is O=[N+]([O-])c1ccc(Cc2ccc(-c3ccccc3)cc2)cc1. The highest BCUT2D eigenvalue weighted by atomic mass is 16.6. The van der Waals surface area contributed by atoms with Gasteiger partial charge in [-0.15, -0.1) is 0 Å². The second-order valence-corrected chi connectivity index (χ2v) is 5.16. The first-order valence-corrected chi connectivity index (χ1v) is 7.10. The molecule has 0 aromatic heterocycles. The molecule has 108 valence electrons. The highest BCUT2D eigenvalue weighted by Gasteiger charge is 2.04. The minimum absolute atomic E-state index is 0.128. The number of rotatable bonds is 4. The second kappa shape index (κ2) is 6.22. The van der Waals surface area contributed by atoms with E-state index in [9.17, 15) is 10.1 Å². The quantitative estimate of drug-likeness (QED) is 0.509. The van der Waals surface area contributed by atoms with Crippen LogP contribution >= 0.6 is 0 Å². The monoisotopic (exact) mass is 289 g/mol. The Morgan fingerprint density at radius 2 is 1.18 bits per heavy atom. The number of non-ortho nitro benzene ring substituents is 1. The van der Waals surface area contributed by atoms with E-state index >= 15 is 0 Å². The molecule has 0 unspecified atom stereocenters. The molecule has 0 saturated carbocycles. The Morgan fingerprint density at radius 3 is 1.73 bits per heavy atom. The van der Waals surface area contributed by atoms with Gasteiger partial charge in [-0.05, 0) is 28.7 Å². The van der Waals surface area contributed by atoms with Crippen molar-refractivity contribution < 1.29 is 4.92 Å². The Hall–Kier alpha value is -2.94. The summed E-state index contributed by atoms with van der Waals surface area (Å²) >= 11 is 0. The third kappa shape index (κ3) is 3.20. The predicted octanol–water partition coefficient (Wildman–Crippen LogP) is 4.85. The summed E-state index contributed by atoms with van der Waals surface area (Å²) in [6.45, 7) is 0. The maximum absolute atomic E-state index is 10.6. The second-order valence-electron chi connectivity index (χ2n) is 5.16. The average molecular weight is 289 g/mol. The Bertz CT molecular complexity index is 763. The van der Waals surface area contributed by atoms with Gasteiger partial charge >= 0.3 is 0 Å². The number of hydrogen-bond donors (Lipinski definition) is 0. The molecule has 0 heterocycles. The van der Waals surface area contributed by atoms with Crippen molar-refractivity contribution in [2.45, 2.75) is 6.42 Å². The molecule has 3 rings (SSSR count). The highest BCUT2D eigenvalue weighted by Crippen LogP contribution is 2.21. The summed E-state index contributed by atoms with van der Waals surface area (Å²) in [4.78, 5) is 10.3. The summed E-state index contributed by atoms with van der Waals surface area (Å²) in [6, 6.07) is 25.4. The number of nitrogens with zero attached hydrogens (tertiary/aromatic N) is 1. The summed E-state index contributed by atoms with van der Waals surface area (Å²) in [5.41, 5.74) is 4.77. The molecule has 0 atom stereocenters. The molecule has 0 spiro atoms. The van der Waals surface area contributed by atoms with Crippen molar-refractivity contribution in [2.24, 2.45) is 0 Å². The van der Waals surface area contributed by atoms with Crippen LogP contribution in [-0.2, 0) is 6.42 Å². The van der Waals surface area contributed by atoms with Gasteiger partial charge in [0.2, 0.25) is 0 Å². The van der Waals surface area contributed by atoms with Crippen molar-refractivity contribution in [3.63, 3.8) is 0 Å². The van der Waals surface area contributed by atoms with Crippen molar-refractivity contribution in [2.75, 3.05) is 0 Å². The van der Waals surface area contributed by atoms with Gasteiger partial charge in [0, 0.05) is 12.1 Å². The molecule has 3 aromatic rings. The van der Waals surface area contributed by atoms with Gasteiger partial charge in [-0.1, -0.05) is 66.7 Å². The first-order chi connectivity index (χ1) is 10.7. The number of nitro groups is 1. The molecule has 0 N–H and O–H groups in total. The van der Waals surface area contributed by atoms with E-state index in [0.29, 0.717) is 0 Å². The van der Waals surface area contributed by atoms with Crippen LogP contribution in [0.15, 0.2) is 78.9 Å². The van der Waals surface area contributed by atoms with Crippen LogP contribution in [0.25, 0.3) is 11.1 Å². The number of nitro benzene ring substituents is 1. The zero-order chi connectivity index (χ0) is 15.4. The Kier molecular flexibility index (Phi) is 3.97. The van der Waals surface area contributed by atoms with Crippen LogP contribution in [0.3, 0.4) is 0 Å². The van der Waals surface area contributed by atoms with Gasteiger partial charge in [-0.25, -0.2) is 0 Å². The summed E-state index contributed by atoms with van der Waals surface area (Å²) < 4.78 is 0. The lowest BCUT2D eigenvalue weighted by Gasteiger charge is -2.05. The summed E-state index contributed by atoms with van der Waals surface area (Å²) in [6.07, 6.45) is 0.771. The minimum Gasteiger partial charge on any atom is -0.258 e. The third-order valence-electron chi connectivity index (χ3n) is 3.62. The lowest BCUT2D eigenvalue weighted by atomic mass is 10.0. The van der Waals surface area contributed by atoms with Gasteiger partial charge < -0.3 is 0 Å². The van der Waals surface area contributed by atoms with Crippen LogP contribution in [0.4, 0.5) is 5.69 Å².